The van der Waals surface area contributed by atoms with Gasteiger partial charge in [0.2, 0.25) is 0 Å². The molecule has 6 nitrogen and oxygen atoms in total. The Hall–Kier alpha value is -1.14. The zero-order valence-corrected chi connectivity index (χ0v) is 15.3. The average molecular weight is 344 g/mol. The van der Waals surface area contributed by atoms with Gasteiger partial charge in [-0.2, -0.15) is 0 Å². The second-order valence-corrected chi connectivity index (χ2v) is 6.33. The summed E-state index contributed by atoms with van der Waals surface area (Å²) < 4.78 is 0. The molecule has 0 saturated heterocycles. The number of nitrogens with two attached hydrogens (primary N) is 2. The van der Waals surface area contributed by atoms with Crippen LogP contribution in [0.25, 0.3) is 0 Å². The lowest BCUT2D eigenvalue weighted by Gasteiger charge is -2.09. The molecule has 142 valence electrons. The summed E-state index contributed by atoms with van der Waals surface area (Å²) in [5.41, 5.74) is 11.0. The number of carbonyl (C=O) groups excluding carboxylic acids is 2. The topological polar surface area (TPSA) is 105 Å². The van der Waals surface area contributed by atoms with Gasteiger partial charge in [-0.25, -0.2) is 19.4 Å². The maximum atomic E-state index is 11.5. The molecule has 0 aromatic rings. The van der Waals surface area contributed by atoms with Crippen molar-refractivity contribution in [2.45, 2.75) is 96.4 Å². The Morgan fingerprint density at radius 1 is 0.833 bits per heavy atom. The van der Waals surface area contributed by atoms with Crippen LogP contribution in [0.1, 0.15) is 90.4 Å². The van der Waals surface area contributed by atoms with Crippen molar-refractivity contribution in [3.63, 3.8) is 0 Å². The van der Waals surface area contributed by atoms with E-state index in [1.807, 2.05) is 0 Å². The van der Waals surface area contributed by atoms with Gasteiger partial charge in [-0.05, 0) is 25.8 Å². The fourth-order valence-corrected chi connectivity index (χ4v) is 2.40. The van der Waals surface area contributed by atoms with Crippen molar-refractivity contribution >= 4 is 11.9 Å². The van der Waals surface area contributed by atoms with Crippen LogP contribution in [-0.2, 0) is 19.4 Å². The Bertz CT molecular complexity index is 324. The second kappa shape index (κ2) is 16.7. The molecule has 0 radical (unpaired) electrons. The lowest BCUT2D eigenvalue weighted by molar-refractivity contribution is -0.260. The highest BCUT2D eigenvalue weighted by atomic mass is 17.2. The monoisotopic (exact) mass is 344 g/mol. The van der Waals surface area contributed by atoms with Crippen LogP contribution in [0.3, 0.4) is 0 Å². The Morgan fingerprint density at radius 2 is 1.42 bits per heavy atom. The standard InChI is InChI=1S/C18H36N2O4/c1-2-3-4-5-6-7-8-9-10-14-17(21)23-24-18(22)16(20)13-11-12-15-19/h16H,2-15,19-20H2,1H3. The second-order valence-electron chi connectivity index (χ2n) is 6.33. The van der Waals surface area contributed by atoms with E-state index in [9.17, 15) is 9.59 Å². The van der Waals surface area contributed by atoms with Crippen molar-refractivity contribution in [1.82, 2.24) is 0 Å². The van der Waals surface area contributed by atoms with Gasteiger partial charge in [-0.15, -0.1) is 0 Å². The Labute approximate surface area is 146 Å². The van der Waals surface area contributed by atoms with E-state index >= 15 is 0 Å². The number of carbonyl (C=O) groups is 2. The van der Waals surface area contributed by atoms with Crippen LogP contribution < -0.4 is 11.5 Å². The van der Waals surface area contributed by atoms with E-state index in [0.717, 1.165) is 32.1 Å². The van der Waals surface area contributed by atoms with E-state index < -0.39 is 18.0 Å². The molecule has 0 bridgehead atoms. The molecule has 0 aliphatic heterocycles. The van der Waals surface area contributed by atoms with Crippen LogP contribution in [0.5, 0.6) is 0 Å². The smallest absolute Gasteiger partial charge is 0.330 e. The van der Waals surface area contributed by atoms with Crippen molar-refractivity contribution in [3.05, 3.63) is 0 Å². The highest BCUT2D eigenvalue weighted by Crippen LogP contribution is 2.11. The third kappa shape index (κ3) is 14.5. The van der Waals surface area contributed by atoms with Crippen molar-refractivity contribution < 1.29 is 19.4 Å². The molecule has 24 heavy (non-hydrogen) atoms. The molecule has 0 aromatic heterocycles. The molecule has 0 aromatic carbocycles. The molecule has 0 aliphatic rings. The van der Waals surface area contributed by atoms with Crippen molar-refractivity contribution in [2.24, 2.45) is 11.5 Å². The van der Waals surface area contributed by atoms with Gasteiger partial charge in [-0.3, -0.25) is 0 Å². The maximum absolute atomic E-state index is 11.5. The predicted octanol–water partition coefficient (Wildman–Crippen LogP) is 3.37. The minimum atomic E-state index is -0.767. The number of rotatable bonds is 15. The minimum absolute atomic E-state index is 0.269. The molecule has 0 fully saturated rings. The number of hydrogen-bond donors (Lipinski definition) is 2. The van der Waals surface area contributed by atoms with Gasteiger partial charge in [0, 0.05) is 0 Å². The summed E-state index contributed by atoms with van der Waals surface area (Å²) in [5, 5.41) is 0. The van der Waals surface area contributed by atoms with Crippen molar-refractivity contribution in [2.75, 3.05) is 6.54 Å². The quantitative estimate of drug-likeness (QED) is 0.268. The molecule has 1 unspecified atom stereocenters. The van der Waals surface area contributed by atoms with Crippen molar-refractivity contribution in [1.29, 1.82) is 0 Å². The molecular weight excluding hydrogens is 308 g/mol. The summed E-state index contributed by atoms with van der Waals surface area (Å²) >= 11 is 0. The van der Waals surface area contributed by atoms with Gasteiger partial charge in [0.25, 0.3) is 0 Å². The van der Waals surface area contributed by atoms with Gasteiger partial charge in [0.05, 0.1) is 6.42 Å². The summed E-state index contributed by atoms with van der Waals surface area (Å²) in [4.78, 5) is 32.0. The first-order valence-corrected chi connectivity index (χ1v) is 9.48. The fourth-order valence-electron chi connectivity index (χ4n) is 2.40. The van der Waals surface area contributed by atoms with E-state index in [4.69, 9.17) is 11.5 Å². The molecule has 1 atom stereocenters. The van der Waals surface area contributed by atoms with E-state index in [1.165, 1.54) is 38.5 Å². The Balaban J connectivity index is 3.47. The summed E-state index contributed by atoms with van der Waals surface area (Å²) in [6.07, 6.45) is 12.9. The lowest BCUT2D eigenvalue weighted by Crippen LogP contribution is -2.33. The third-order valence-corrected chi connectivity index (χ3v) is 3.97. The van der Waals surface area contributed by atoms with Gasteiger partial charge >= 0.3 is 11.9 Å². The number of unbranched alkanes of at least 4 members (excludes halogenated alkanes) is 9. The largest absolute Gasteiger partial charge is 0.372 e. The van der Waals surface area contributed by atoms with Crippen molar-refractivity contribution in [3.8, 4) is 0 Å². The molecule has 0 heterocycles. The molecule has 0 spiro atoms. The molecule has 0 rings (SSSR count). The van der Waals surface area contributed by atoms with Crippen LogP contribution in [-0.4, -0.2) is 24.5 Å². The summed E-state index contributed by atoms with van der Waals surface area (Å²) in [7, 11) is 0. The fraction of sp³-hybridized carbons (Fsp3) is 0.889. The predicted molar refractivity (Wildman–Crippen MR) is 94.9 cm³/mol. The summed E-state index contributed by atoms with van der Waals surface area (Å²) in [5.74, 6) is -1.21. The van der Waals surface area contributed by atoms with E-state index in [2.05, 4.69) is 16.7 Å². The minimum Gasteiger partial charge on any atom is -0.330 e. The molecule has 6 heteroatoms. The lowest BCUT2D eigenvalue weighted by atomic mass is 10.1. The van der Waals surface area contributed by atoms with Crippen LogP contribution in [0.4, 0.5) is 0 Å². The molecule has 0 saturated carbocycles. The van der Waals surface area contributed by atoms with Gasteiger partial charge < -0.3 is 11.5 Å². The first-order valence-electron chi connectivity index (χ1n) is 9.48. The number of hydrogen-bond acceptors (Lipinski definition) is 6. The van der Waals surface area contributed by atoms with Crippen LogP contribution in [0.15, 0.2) is 0 Å². The van der Waals surface area contributed by atoms with Gasteiger partial charge in [-0.1, -0.05) is 64.7 Å². The maximum Gasteiger partial charge on any atom is 0.372 e. The molecule has 0 aliphatic carbocycles. The highest BCUT2D eigenvalue weighted by Gasteiger charge is 2.17. The molecular formula is C18H36N2O4. The Morgan fingerprint density at radius 3 is 2.00 bits per heavy atom. The molecule has 0 amide bonds. The first-order chi connectivity index (χ1) is 11.6. The Kier molecular flexibility index (Phi) is 15.9. The summed E-state index contributed by atoms with van der Waals surface area (Å²) in [6, 6.07) is -0.767. The zero-order chi connectivity index (χ0) is 18.0. The van der Waals surface area contributed by atoms with Crippen LogP contribution in [0.2, 0.25) is 0 Å². The normalized spacial score (nSPS) is 12.0. The van der Waals surface area contributed by atoms with E-state index in [-0.39, 0.29) is 6.42 Å². The van der Waals surface area contributed by atoms with E-state index in [1.54, 1.807) is 0 Å². The third-order valence-electron chi connectivity index (χ3n) is 3.97. The first kappa shape index (κ1) is 22.9. The van der Waals surface area contributed by atoms with Gasteiger partial charge in [0.1, 0.15) is 6.04 Å². The summed E-state index contributed by atoms with van der Waals surface area (Å²) in [6.45, 7) is 2.78. The average Bonchev–Trinajstić information content (AvgIpc) is 2.58. The van der Waals surface area contributed by atoms with Gasteiger partial charge in [0.15, 0.2) is 0 Å². The highest BCUT2D eigenvalue weighted by molar-refractivity contribution is 5.76. The van der Waals surface area contributed by atoms with Crippen LogP contribution in [0, 0.1) is 0 Å². The molecule has 4 N–H and O–H groups in total. The zero-order valence-electron chi connectivity index (χ0n) is 15.3. The SMILES string of the molecule is CCCCCCCCCCCC(=O)OOC(=O)C(N)CCCCN. The van der Waals surface area contributed by atoms with Crippen LogP contribution >= 0.6 is 0 Å². The van der Waals surface area contributed by atoms with E-state index in [0.29, 0.717) is 13.0 Å².